The molecule has 0 radical (unpaired) electrons. The highest BCUT2D eigenvalue weighted by Gasteiger charge is 2.43. The Morgan fingerprint density at radius 3 is 2.21 bits per heavy atom. The predicted molar refractivity (Wildman–Crippen MR) is 265 cm³/mol. The Labute approximate surface area is 417 Å². The summed E-state index contributed by atoms with van der Waals surface area (Å²) in [6.07, 6.45) is 5.06. The number of carboxylic acids is 1. The number of aliphatic carboxylic acids is 1. The molecule has 20 heteroatoms. The van der Waals surface area contributed by atoms with E-state index in [-0.39, 0.29) is 85.4 Å². The maximum Gasteiger partial charge on any atom is 0.326 e. The van der Waals surface area contributed by atoms with Crippen LogP contribution in [0.2, 0.25) is 0 Å². The lowest BCUT2D eigenvalue weighted by Crippen LogP contribution is -2.56. The highest BCUT2D eigenvalue weighted by atomic mass is 16.5. The normalized spacial score (nSPS) is 17.5. The third-order valence-electron chi connectivity index (χ3n) is 13.4. The van der Waals surface area contributed by atoms with Gasteiger partial charge in [-0.2, -0.15) is 0 Å². The van der Waals surface area contributed by atoms with E-state index in [1.54, 1.807) is 55.0 Å². The first-order chi connectivity index (χ1) is 33.8. The Kier molecular flexibility index (Phi) is 22.5. The first-order valence-electron chi connectivity index (χ1n) is 24.7. The highest BCUT2D eigenvalue weighted by Crippen LogP contribution is 2.30. The van der Waals surface area contributed by atoms with Crippen molar-refractivity contribution in [1.29, 1.82) is 0 Å². The second-order valence-corrected chi connectivity index (χ2v) is 18.8. The number of imide groups is 1. The van der Waals surface area contributed by atoms with E-state index in [2.05, 4.69) is 31.2 Å². The van der Waals surface area contributed by atoms with Gasteiger partial charge in [0.15, 0.2) is 0 Å². The SMILES string of the molecule is CC[C@H](C)[C@@H]([C@@H](CC(=O)N1CCCC1[C@H](OC)[C@@H](C)C(=O)NC(Cc1ccccc1)C(=O)O)OC)N(C)C(=O)C(Nc1nc(C)cc(C(=O)NCCNC(=O)CCCCCN2C(=O)C=CC2=O)n1)C(C)C. The van der Waals surface area contributed by atoms with Crippen molar-refractivity contribution in [1.82, 2.24) is 40.6 Å². The molecule has 4 rings (SSSR count). The number of ether oxygens (including phenoxy) is 2. The predicted octanol–water partition coefficient (Wildman–Crippen LogP) is 3.29. The number of benzene rings is 1. The van der Waals surface area contributed by atoms with Gasteiger partial charge in [-0.05, 0) is 56.1 Å². The van der Waals surface area contributed by atoms with Crippen molar-refractivity contribution >= 4 is 53.3 Å². The molecule has 2 aliphatic rings. The summed E-state index contributed by atoms with van der Waals surface area (Å²) in [5.74, 6) is -4.64. The molecule has 2 aromatic rings. The molecule has 3 heterocycles. The number of likely N-dealkylation sites (tertiary alicyclic amines) is 1. The lowest BCUT2D eigenvalue weighted by Gasteiger charge is -2.40. The first-order valence-corrected chi connectivity index (χ1v) is 24.7. The zero-order chi connectivity index (χ0) is 52.4. The Bertz CT molecular complexity index is 2170. The molecule has 8 atom stereocenters. The number of amides is 7. The van der Waals surface area contributed by atoms with Crippen molar-refractivity contribution in [2.45, 2.75) is 136 Å². The Morgan fingerprint density at radius 1 is 0.915 bits per heavy atom. The van der Waals surface area contributed by atoms with Gasteiger partial charge in [0.1, 0.15) is 17.8 Å². The third-order valence-corrected chi connectivity index (χ3v) is 13.4. The monoisotopic (exact) mass is 990 g/mol. The van der Waals surface area contributed by atoms with Crippen LogP contribution in [-0.4, -0.2) is 161 Å². The molecular formula is C51H75N9O11. The number of hydrogen-bond donors (Lipinski definition) is 5. The van der Waals surface area contributed by atoms with Crippen LogP contribution in [0.15, 0.2) is 48.6 Å². The van der Waals surface area contributed by atoms with Crippen LogP contribution < -0.4 is 21.3 Å². The van der Waals surface area contributed by atoms with Gasteiger partial charge in [0, 0.05) is 78.1 Å². The lowest BCUT2D eigenvalue weighted by molar-refractivity contribution is -0.147. The summed E-state index contributed by atoms with van der Waals surface area (Å²) in [7, 11) is 4.68. The summed E-state index contributed by atoms with van der Waals surface area (Å²) in [6.45, 7) is 12.2. The summed E-state index contributed by atoms with van der Waals surface area (Å²) in [6, 6.07) is 7.53. The summed E-state index contributed by atoms with van der Waals surface area (Å²) < 4.78 is 11.9. The number of carbonyl (C=O) groups is 8. The molecule has 1 saturated heterocycles. The number of carboxylic acid groups (broad SMARTS) is 1. The van der Waals surface area contributed by atoms with E-state index in [1.165, 1.54) is 37.3 Å². The number of anilines is 1. The number of carbonyl (C=O) groups excluding carboxylic acids is 7. The minimum Gasteiger partial charge on any atom is -0.480 e. The van der Waals surface area contributed by atoms with Gasteiger partial charge in [-0.25, -0.2) is 14.8 Å². The smallest absolute Gasteiger partial charge is 0.326 e. The molecule has 1 aromatic carbocycles. The minimum absolute atomic E-state index is 0.0636. The Hall–Kier alpha value is -6.28. The van der Waals surface area contributed by atoms with E-state index in [1.807, 2.05) is 33.8 Å². The molecule has 0 bridgehead atoms. The van der Waals surface area contributed by atoms with Gasteiger partial charge in [0.05, 0.1) is 36.6 Å². The zero-order valence-electron chi connectivity index (χ0n) is 42.8. The fourth-order valence-electron chi connectivity index (χ4n) is 9.22. The number of rotatable bonds is 29. The average Bonchev–Trinajstić information content (AvgIpc) is 3.96. The standard InChI is InChI=1S/C51H75N9O11/c1-10-32(4)45(39(70-8)30-43(64)59-27-17-20-38(59)46(71-9)34(6)47(65)55-37(50(68)69)29-35-18-13-11-14-19-35)58(7)49(67)44(31(2)3)57-51-54-33(5)28-36(56-51)48(66)53-25-24-52-40(61)21-15-12-16-26-60-41(62)22-23-42(60)63/h11,13-14,18-19,22-23,28,31-32,34,37-39,44-46H,10,12,15-17,20-21,24-27,29-30H2,1-9H3,(H,52,61)(H,53,66)(H,55,65)(H,68,69)(H,54,56,57)/t32-,34+,37?,38?,39+,44?,45-,46+/m0/s1. The fourth-order valence-corrected chi connectivity index (χ4v) is 9.22. The molecule has 0 spiro atoms. The summed E-state index contributed by atoms with van der Waals surface area (Å²) in [5, 5.41) is 21.3. The molecule has 20 nitrogen and oxygen atoms in total. The molecule has 1 aromatic heterocycles. The van der Waals surface area contributed by atoms with Crippen LogP contribution in [0.3, 0.4) is 0 Å². The molecule has 0 aliphatic carbocycles. The number of hydrogen-bond acceptors (Lipinski definition) is 13. The number of aryl methyl sites for hydroxylation is 1. The van der Waals surface area contributed by atoms with Crippen LogP contribution >= 0.6 is 0 Å². The van der Waals surface area contributed by atoms with Crippen molar-refractivity contribution in [2.24, 2.45) is 17.8 Å². The lowest BCUT2D eigenvalue weighted by atomic mass is 9.89. The van der Waals surface area contributed by atoms with Crippen molar-refractivity contribution < 1.29 is 52.9 Å². The fraction of sp³-hybridized carbons (Fsp3) is 0.608. The molecule has 71 heavy (non-hydrogen) atoms. The second-order valence-electron chi connectivity index (χ2n) is 18.8. The first kappa shape index (κ1) is 57.3. The van der Waals surface area contributed by atoms with Crippen molar-refractivity contribution in [3.63, 3.8) is 0 Å². The van der Waals surface area contributed by atoms with Crippen LogP contribution in [0.25, 0.3) is 0 Å². The maximum absolute atomic E-state index is 14.6. The largest absolute Gasteiger partial charge is 0.480 e. The van der Waals surface area contributed by atoms with E-state index >= 15 is 0 Å². The van der Waals surface area contributed by atoms with Gasteiger partial charge in [0.25, 0.3) is 17.7 Å². The Balaban J connectivity index is 1.36. The number of unbranched alkanes of at least 4 members (excludes halogenated alkanes) is 2. The number of aromatic nitrogens is 2. The molecule has 1 fully saturated rings. The summed E-state index contributed by atoms with van der Waals surface area (Å²) in [4.78, 5) is 117. The summed E-state index contributed by atoms with van der Waals surface area (Å²) in [5.41, 5.74) is 1.31. The third kappa shape index (κ3) is 16.4. The number of nitrogens with zero attached hydrogens (tertiary/aromatic N) is 5. The van der Waals surface area contributed by atoms with Crippen LogP contribution in [0, 0.1) is 24.7 Å². The number of likely N-dealkylation sites (N-methyl/N-ethyl adjacent to an activating group) is 1. The molecule has 7 amide bonds. The average molecular weight is 990 g/mol. The quantitative estimate of drug-likeness (QED) is 0.0579. The van der Waals surface area contributed by atoms with E-state index in [0.29, 0.717) is 57.3 Å². The molecule has 0 saturated carbocycles. The van der Waals surface area contributed by atoms with Gasteiger partial charge in [-0.3, -0.25) is 38.5 Å². The van der Waals surface area contributed by atoms with Crippen molar-refractivity contribution in [3.8, 4) is 0 Å². The van der Waals surface area contributed by atoms with Crippen LogP contribution in [0.4, 0.5) is 5.95 Å². The minimum atomic E-state index is -1.16. The van der Waals surface area contributed by atoms with Gasteiger partial charge >= 0.3 is 5.97 Å². The van der Waals surface area contributed by atoms with Gasteiger partial charge in [-0.15, -0.1) is 0 Å². The van der Waals surface area contributed by atoms with Crippen molar-refractivity contribution in [2.75, 3.05) is 52.8 Å². The van der Waals surface area contributed by atoms with Crippen LogP contribution in [-0.2, 0) is 49.5 Å². The second kappa shape index (κ2) is 27.9. The molecule has 3 unspecified atom stereocenters. The molecular weight excluding hydrogens is 915 g/mol. The van der Waals surface area contributed by atoms with Crippen LogP contribution in [0.5, 0.6) is 0 Å². The number of methoxy groups -OCH3 is 2. The zero-order valence-corrected chi connectivity index (χ0v) is 42.8. The molecule has 2 aliphatic heterocycles. The van der Waals surface area contributed by atoms with Crippen molar-refractivity contribution in [3.05, 3.63) is 65.5 Å². The van der Waals surface area contributed by atoms with Gasteiger partial charge in [-0.1, -0.05) is 77.8 Å². The van der Waals surface area contributed by atoms with Gasteiger partial charge in [0.2, 0.25) is 29.6 Å². The van der Waals surface area contributed by atoms with E-state index in [4.69, 9.17) is 9.47 Å². The van der Waals surface area contributed by atoms with Gasteiger partial charge < -0.3 is 45.6 Å². The van der Waals surface area contributed by atoms with Crippen LogP contribution in [0.1, 0.15) is 108 Å². The van der Waals surface area contributed by atoms with E-state index in [9.17, 15) is 43.5 Å². The molecule has 5 N–H and O–H groups in total. The van der Waals surface area contributed by atoms with E-state index in [0.717, 1.165) is 5.56 Å². The summed E-state index contributed by atoms with van der Waals surface area (Å²) >= 11 is 0. The molecule has 390 valence electrons. The topological polar surface area (TPSA) is 259 Å². The van der Waals surface area contributed by atoms with E-state index < -0.39 is 60.1 Å². The highest BCUT2D eigenvalue weighted by molar-refractivity contribution is 6.12. The maximum atomic E-state index is 14.6. The number of nitrogens with one attached hydrogen (secondary N) is 4. The Morgan fingerprint density at radius 2 is 1.59 bits per heavy atom.